The lowest BCUT2D eigenvalue weighted by molar-refractivity contribution is -0.131. The van der Waals surface area contributed by atoms with Gasteiger partial charge in [-0.2, -0.15) is 0 Å². The predicted molar refractivity (Wildman–Crippen MR) is 153 cm³/mol. The van der Waals surface area contributed by atoms with E-state index >= 15 is 0 Å². The molecule has 206 valence electrons. The number of pyridine rings is 1. The van der Waals surface area contributed by atoms with Crippen LogP contribution in [0.3, 0.4) is 0 Å². The summed E-state index contributed by atoms with van der Waals surface area (Å²) in [4.78, 5) is 42.9. The number of benzene rings is 3. The summed E-state index contributed by atoms with van der Waals surface area (Å²) in [5, 5.41) is 6.47. The maximum absolute atomic E-state index is 14.3. The lowest BCUT2D eigenvalue weighted by Crippen LogP contribution is -2.35. The molecule has 0 saturated carbocycles. The van der Waals surface area contributed by atoms with Gasteiger partial charge in [-0.1, -0.05) is 31.2 Å². The van der Waals surface area contributed by atoms with E-state index in [-0.39, 0.29) is 35.7 Å². The van der Waals surface area contributed by atoms with Crippen LogP contribution in [0.5, 0.6) is 0 Å². The van der Waals surface area contributed by atoms with Crippen molar-refractivity contribution in [3.05, 3.63) is 105 Å². The minimum Gasteiger partial charge on any atom is -0.449 e. The number of ether oxygens (including phenoxy) is 1. The van der Waals surface area contributed by atoms with Crippen molar-refractivity contribution in [3.63, 3.8) is 0 Å². The Hall–Kier alpha value is -4.66. The highest BCUT2D eigenvalue weighted by molar-refractivity contribution is 5.89. The number of aryl methyl sites for hydroxylation is 2. The van der Waals surface area contributed by atoms with Crippen LogP contribution in [0.2, 0.25) is 0 Å². The summed E-state index contributed by atoms with van der Waals surface area (Å²) >= 11 is 0. The van der Waals surface area contributed by atoms with Crippen LogP contribution < -0.4 is 16.2 Å². The van der Waals surface area contributed by atoms with Gasteiger partial charge in [0.1, 0.15) is 11.9 Å². The summed E-state index contributed by atoms with van der Waals surface area (Å²) in [6, 6.07) is 15.1. The van der Waals surface area contributed by atoms with Gasteiger partial charge in [0, 0.05) is 42.5 Å². The van der Waals surface area contributed by atoms with Gasteiger partial charge in [-0.05, 0) is 72.0 Å². The van der Waals surface area contributed by atoms with Crippen LogP contribution in [-0.2, 0) is 16.1 Å². The topological polar surface area (TPSA) is 104 Å². The van der Waals surface area contributed by atoms with Crippen molar-refractivity contribution < 1.29 is 18.7 Å². The number of likely N-dealkylation sites (N-methyl/N-ethyl adjacent to an activating group) is 1. The van der Waals surface area contributed by atoms with Crippen molar-refractivity contribution in [2.75, 3.05) is 24.3 Å². The lowest BCUT2D eigenvalue weighted by atomic mass is 9.88. The molecule has 2 amide bonds. The van der Waals surface area contributed by atoms with Gasteiger partial charge >= 0.3 is 6.09 Å². The summed E-state index contributed by atoms with van der Waals surface area (Å²) in [6.45, 7) is 6.42. The van der Waals surface area contributed by atoms with Crippen LogP contribution in [0.15, 0.2) is 65.6 Å². The molecule has 6 rings (SSSR count). The number of anilines is 2. The minimum absolute atomic E-state index is 0.0778. The maximum Gasteiger partial charge on any atom is 0.411 e. The summed E-state index contributed by atoms with van der Waals surface area (Å²) in [5.41, 5.74) is 5.20. The first-order chi connectivity index (χ1) is 19.1. The Balaban J connectivity index is 1.60. The fourth-order valence-electron chi connectivity index (χ4n) is 5.48. The molecular formula is C31H31FN4O4. The second kappa shape index (κ2) is 10.8. The number of nitrogens with one attached hydrogen (secondary N) is 3. The molecule has 3 N–H and O–H groups in total. The predicted octanol–water partition coefficient (Wildman–Crippen LogP) is 5.76. The smallest absolute Gasteiger partial charge is 0.411 e. The zero-order chi connectivity index (χ0) is 28.6. The van der Waals surface area contributed by atoms with E-state index in [9.17, 15) is 18.8 Å². The van der Waals surface area contributed by atoms with E-state index in [4.69, 9.17) is 4.74 Å². The van der Waals surface area contributed by atoms with Gasteiger partial charge in [0.15, 0.2) is 0 Å². The maximum atomic E-state index is 14.3. The molecule has 2 atom stereocenters. The molecule has 1 aromatic heterocycles. The Kier molecular flexibility index (Phi) is 7.30. The third-order valence-corrected chi connectivity index (χ3v) is 7.29. The van der Waals surface area contributed by atoms with Crippen LogP contribution in [0.1, 0.15) is 46.7 Å². The van der Waals surface area contributed by atoms with Crippen molar-refractivity contribution in [1.29, 1.82) is 0 Å². The molecule has 0 radical (unpaired) electrons. The highest BCUT2D eigenvalue weighted by Gasteiger charge is 2.27. The van der Waals surface area contributed by atoms with Crippen molar-refractivity contribution in [3.8, 4) is 0 Å². The standard InChI is InChI=1S/C31H31FN4O4/c1-17-10-21-11-18(2)27(17)19(3)16-40-31(39)35-22-7-5-6-20(12-22)15-36(4)30(38)28(21)34-23-8-9-24-25(13-23)29(37)33-14-26(24)32/h5-14,19,28,34H,15-16H2,1-4H3,(H,33,37)(H,35,39)/t19-,28+/m0/s1. The van der Waals surface area contributed by atoms with E-state index in [0.29, 0.717) is 11.4 Å². The largest absolute Gasteiger partial charge is 0.449 e. The Morgan fingerprint density at radius 2 is 1.75 bits per heavy atom. The highest BCUT2D eigenvalue weighted by Crippen LogP contribution is 2.31. The number of aromatic amines is 1. The first-order valence-electron chi connectivity index (χ1n) is 13.1. The first kappa shape index (κ1) is 26.9. The molecule has 0 unspecified atom stereocenters. The van der Waals surface area contributed by atoms with Gasteiger partial charge in [0.25, 0.3) is 5.56 Å². The molecular weight excluding hydrogens is 511 g/mol. The zero-order valence-electron chi connectivity index (χ0n) is 22.8. The lowest BCUT2D eigenvalue weighted by Gasteiger charge is -2.28. The van der Waals surface area contributed by atoms with E-state index in [2.05, 4.69) is 15.6 Å². The Bertz CT molecular complexity index is 1660. The molecule has 2 aliphatic rings. The van der Waals surface area contributed by atoms with Crippen LogP contribution >= 0.6 is 0 Å². The second-order valence-electron chi connectivity index (χ2n) is 10.4. The van der Waals surface area contributed by atoms with Crippen molar-refractivity contribution in [2.24, 2.45) is 0 Å². The SMILES string of the molecule is Cc1cc2cc(C)c1[C@@H](C)COC(=O)Nc1cccc(c1)CN(C)C(=O)[C@@H]2Nc1ccc2c(F)c[nH]c(=O)c2c1. The second-order valence-corrected chi connectivity index (χ2v) is 10.4. The van der Waals surface area contributed by atoms with E-state index in [1.54, 1.807) is 42.3 Å². The summed E-state index contributed by atoms with van der Waals surface area (Å²) in [6.07, 6.45) is 0.503. The molecule has 9 heteroatoms. The molecule has 2 aliphatic heterocycles. The number of aromatic nitrogens is 1. The number of nitrogens with zero attached hydrogens (tertiary/aromatic N) is 1. The van der Waals surface area contributed by atoms with E-state index in [1.807, 2.05) is 39.0 Å². The number of amides is 2. The molecule has 8 nitrogen and oxygen atoms in total. The molecule has 3 aromatic carbocycles. The quantitative estimate of drug-likeness (QED) is 0.299. The number of carbonyl (C=O) groups is 2. The Morgan fingerprint density at radius 3 is 2.50 bits per heavy atom. The van der Waals surface area contributed by atoms with Crippen LogP contribution in [0.4, 0.5) is 20.6 Å². The molecule has 4 bridgehead atoms. The molecule has 0 aliphatic carbocycles. The Labute approximate surface area is 231 Å². The van der Waals surface area contributed by atoms with Crippen molar-refractivity contribution >= 4 is 34.1 Å². The number of fused-ring (bicyclic) bond motifs is 10. The van der Waals surface area contributed by atoms with Crippen molar-refractivity contribution in [2.45, 2.75) is 39.3 Å². The van der Waals surface area contributed by atoms with Gasteiger partial charge in [-0.3, -0.25) is 14.9 Å². The number of carbonyl (C=O) groups excluding carboxylic acids is 2. The molecule has 0 spiro atoms. The van der Waals surface area contributed by atoms with Gasteiger partial charge in [0.05, 0.1) is 12.0 Å². The molecule has 40 heavy (non-hydrogen) atoms. The minimum atomic E-state index is -0.788. The average molecular weight is 543 g/mol. The molecule has 4 aromatic rings. The molecule has 3 heterocycles. The van der Waals surface area contributed by atoms with Gasteiger partial charge in [-0.15, -0.1) is 0 Å². The normalized spacial score (nSPS) is 18.0. The number of H-pyrrole nitrogens is 1. The van der Waals surface area contributed by atoms with E-state index in [0.717, 1.165) is 34.0 Å². The van der Waals surface area contributed by atoms with E-state index in [1.165, 1.54) is 6.07 Å². The van der Waals surface area contributed by atoms with Crippen LogP contribution in [-0.4, -0.2) is 35.5 Å². The summed E-state index contributed by atoms with van der Waals surface area (Å²) < 4.78 is 19.8. The number of hydrogen-bond acceptors (Lipinski definition) is 5. The van der Waals surface area contributed by atoms with Crippen molar-refractivity contribution in [1.82, 2.24) is 9.88 Å². The number of hydrogen-bond donors (Lipinski definition) is 3. The van der Waals surface area contributed by atoms with Crippen LogP contribution in [0.25, 0.3) is 10.8 Å². The van der Waals surface area contributed by atoms with Gasteiger partial charge in [0.2, 0.25) is 5.91 Å². The van der Waals surface area contributed by atoms with E-state index < -0.39 is 23.5 Å². The monoisotopic (exact) mass is 542 g/mol. The molecule has 0 saturated heterocycles. The van der Waals surface area contributed by atoms with Crippen LogP contribution in [0, 0.1) is 19.7 Å². The fourth-order valence-corrected chi connectivity index (χ4v) is 5.48. The highest BCUT2D eigenvalue weighted by atomic mass is 19.1. The average Bonchev–Trinajstić information content (AvgIpc) is 2.91. The molecule has 0 fully saturated rings. The summed E-state index contributed by atoms with van der Waals surface area (Å²) in [7, 11) is 1.71. The Morgan fingerprint density at radius 1 is 1.00 bits per heavy atom. The van der Waals surface area contributed by atoms with Gasteiger partial charge in [-0.25, -0.2) is 9.18 Å². The number of rotatable bonds is 2. The third kappa shape index (κ3) is 5.40. The first-order valence-corrected chi connectivity index (χ1v) is 13.1. The number of halogens is 1. The fraction of sp³-hybridized carbons (Fsp3) is 0.258. The summed E-state index contributed by atoms with van der Waals surface area (Å²) in [5.74, 6) is -0.802. The third-order valence-electron chi connectivity index (χ3n) is 7.29. The zero-order valence-corrected chi connectivity index (χ0v) is 22.8. The van der Waals surface area contributed by atoms with Gasteiger partial charge < -0.3 is 19.9 Å².